The fraction of sp³-hybridized carbons (Fsp3) is 0.515. The number of aliphatic imine (C=N–C) groups is 1. The summed E-state index contributed by atoms with van der Waals surface area (Å²) in [5.74, 6) is -7.07. The first-order valence-electron chi connectivity index (χ1n) is 30.6. The molecule has 3 aliphatic rings. The van der Waals surface area contributed by atoms with E-state index >= 15 is 30.7 Å². The number of alkyl halides is 8. The van der Waals surface area contributed by atoms with E-state index in [4.69, 9.17) is 29.9 Å². The number of hydrogen-bond acceptors (Lipinski definition) is 15. The number of sulfone groups is 1. The maximum absolute atomic E-state index is 15.9. The van der Waals surface area contributed by atoms with Crippen molar-refractivity contribution in [3.8, 4) is 28.7 Å². The molecule has 0 saturated heterocycles. The second-order valence-electron chi connectivity index (χ2n) is 28.7. The first kappa shape index (κ1) is 76.8. The van der Waals surface area contributed by atoms with Gasteiger partial charge in [0.05, 0.1) is 64.6 Å². The molecule has 0 spiro atoms. The molecule has 4 atom stereocenters. The summed E-state index contributed by atoms with van der Waals surface area (Å²) in [4.78, 5) is 51.4. The number of amides is 2. The average molecular weight is 1460 g/mol. The number of ether oxygens (including phenoxy) is 1. The number of fused-ring (bicyclic) bond motifs is 3. The number of hydrogen-bond donors (Lipinski definition) is 2. The van der Waals surface area contributed by atoms with Gasteiger partial charge in [0, 0.05) is 57.7 Å². The summed E-state index contributed by atoms with van der Waals surface area (Å²) in [6, 6.07) is 5.91. The summed E-state index contributed by atoms with van der Waals surface area (Å²) in [5.41, 5.74) is -10.4. The maximum atomic E-state index is 15.9. The highest BCUT2D eigenvalue weighted by Crippen LogP contribution is 2.66. The number of carbonyl (C=O) groups excluding carboxylic acids is 3. The van der Waals surface area contributed by atoms with Gasteiger partial charge in [0.25, 0.3) is 5.92 Å². The summed E-state index contributed by atoms with van der Waals surface area (Å²) in [6.45, 7) is 18.3. The highest BCUT2D eigenvalue weighted by Gasteiger charge is 2.70. The molecule has 1 aliphatic heterocycles. The van der Waals surface area contributed by atoms with Crippen molar-refractivity contribution in [3.63, 3.8) is 0 Å². The molecule has 2 aliphatic carbocycles. The number of phosphoric ester groups is 1. The van der Waals surface area contributed by atoms with Gasteiger partial charge in [-0.3, -0.25) is 33.1 Å². The van der Waals surface area contributed by atoms with Gasteiger partial charge in [-0.05, 0) is 166 Å². The molecule has 32 heteroatoms. The van der Waals surface area contributed by atoms with Crippen LogP contribution in [0.2, 0.25) is 5.02 Å². The van der Waals surface area contributed by atoms with Crippen molar-refractivity contribution in [2.45, 2.75) is 199 Å². The molecule has 18 nitrogen and oxygen atoms in total. The number of halogens is 11. The predicted octanol–water partition coefficient (Wildman–Crippen LogP) is 14.1. The van der Waals surface area contributed by atoms with Gasteiger partial charge in [0.15, 0.2) is 9.84 Å². The zero-order chi connectivity index (χ0) is 73.6. The molecule has 3 heterocycles. The van der Waals surface area contributed by atoms with Gasteiger partial charge in [-0.1, -0.05) is 43.5 Å². The molecular formula is C66H74ClF10N6O12PS2. The number of aromatic nitrogens is 3. The Labute approximate surface area is 567 Å². The lowest BCUT2D eigenvalue weighted by molar-refractivity contribution is -0.154. The molecule has 8 rings (SSSR count). The quantitative estimate of drug-likeness (QED) is 0.0229. The van der Waals surface area contributed by atoms with E-state index in [1.807, 2.05) is 0 Å². The number of phosphoric acid groups is 1. The Kier molecular flexibility index (Phi) is 21.1. The average Bonchev–Trinajstić information content (AvgIpc) is 1.52. The fourth-order valence-electron chi connectivity index (χ4n) is 11.9. The van der Waals surface area contributed by atoms with E-state index < -0.39 is 205 Å². The zero-order valence-corrected chi connectivity index (χ0v) is 59.4. The minimum atomic E-state index is -5.22. The monoisotopic (exact) mass is 1460 g/mol. The van der Waals surface area contributed by atoms with Crippen molar-refractivity contribution in [1.82, 2.24) is 24.4 Å². The minimum Gasteiger partial charge on any atom is -0.460 e. The Balaban J connectivity index is 1.29. The summed E-state index contributed by atoms with van der Waals surface area (Å²) >= 11 is 6.91. The molecule has 1 saturated carbocycles. The summed E-state index contributed by atoms with van der Waals surface area (Å²) in [6.07, 6.45) is -12.9. The Hall–Kier alpha value is -6.90. The third kappa shape index (κ3) is 18.0. The normalized spacial score (nSPS) is 17.9. The van der Waals surface area contributed by atoms with Crippen molar-refractivity contribution >= 4 is 74.5 Å². The molecule has 3 aromatic carbocycles. The maximum Gasteiger partial charge on any atom is 0.531 e. The van der Waals surface area contributed by atoms with Crippen LogP contribution in [0.5, 0.6) is 5.75 Å². The van der Waals surface area contributed by atoms with Crippen LogP contribution in [0.25, 0.3) is 22.0 Å². The predicted molar refractivity (Wildman–Crippen MR) is 345 cm³/mol. The van der Waals surface area contributed by atoms with E-state index in [2.05, 4.69) is 32.2 Å². The van der Waals surface area contributed by atoms with Crippen LogP contribution in [0.4, 0.5) is 43.9 Å². The van der Waals surface area contributed by atoms with Crippen LogP contribution in [0, 0.1) is 42.2 Å². The zero-order valence-electron chi connectivity index (χ0n) is 56.1. The Morgan fingerprint density at radius 2 is 1.47 bits per heavy atom. The SMILES string of the molecule is Cc1cc(CC(=O)OC(C)(C)C)c(C(C)(C)CC(=O)N(Cc2nn(CC(F)(F)F)c3c(-c4ccc(C#CC(C)(C)S(C)(=O)=O)nc4[C@H](Cc4cc(F)cc(F)c4)NC(=O)CC4N=C(C(F)(F)F)C5=C4C(F)(F)[C@@H]4C[C@H]54)ccc(Cl)c23)[SH](=O)=O)c(OP(=O)(OC(C)(C)C)OC(C)(C)C)c1. The molecule has 534 valence electrons. The van der Waals surface area contributed by atoms with Crippen molar-refractivity contribution in [2.75, 3.05) is 6.26 Å². The number of thiol groups is 1. The number of rotatable bonds is 21. The van der Waals surface area contributed by atoms with E-state index in [1.54, 1.807) is 75.3 Å². The number of carbonyl (C=O) groups is 3. The summed E-state index contributed by atoms with van der Waals surface area (Å²) in [5, 5.41) is 5.93. The van der Waals surface area contributed by atoms with Gasteiger partial charge in [-0.15, -0.1) is 0 Å². The molecular weight excluding hydrogens is 1390 g/mol. The van der Waals surface area contributed by atoms with Gasteiger partial charge >= 0.3 is 26.1 Å². The number of allylic oxidation sites excluding steroid dienone is 1. The van der Waals surface area contributed by atoms with Crippen molar-refractivity contribution in [2.24, 2.45) is 16.8 Å². The number of esters is 1. The molecule has 98 heavy (non-hydrogen) atoms. The lowest BCUT2D eigenvalue weighted by Gasteiger charge is -2.34. The molecule has 1 fully saturated rings. The lowest BCUT2D eigenvalue weighted by Crippen LogP contribution is -2.35. The van der Waals surface area contributed by atoms with E-state index in [0.717, 1.165) is 30.5 Å². The number of pyridine rings is 1. The highest BCUT2D eigenvalue weighted by molar-refractivity contribution is 7.92. The first-order chi connectivity index (χ1) is 44.6. The van der Waals surface area contributed by atoms with Crippen LogP contribution in [0.3, 0.4) is 0 Å². The third-order valence-corrected chi connectivity index (χ3v) is 20.8. The minimum absolute atomic E-state index is 0.0320. The summed E-state index contributed by atoms with van der Waals surface area (Å²) < 4.78 is 241. The van der Waals surface area contributed by atoms with Crippen LogP contribution in [0.1, 0.15) is 155 Å². The van der Waals surface area contributed by atoms with Crippen molar-refractivity contribution < 1.29 is 98.0 Å². The Morgan fingerprint density at radius 1 is 0.867 bits per heavy atom. The van der Waals surface area contributed by atoms with Crippen LogP contribution < -0.4 is 9.84 Å². The van der Waals surface area contributed by atoms with Gasteiger partial charge in [-0.25, -0.2) is 48.3 Å². The van der Waals surface area contributed by atoms with Gasteiger partial charge in [-0.2, -0.15) is 31.4 Å². The molecule has 5 aromatic rings. The van der Waals surface area contributed by atoms with E-state index in [1.165, 1.54) is 45.9 Å². The lowest BCUT2D eigenvalue weighted by atomic mass is 9.77. The van der Waals surface area contributed by atoms with Crippen molar-refractivity contribution in [3.05, 3.63) is 122 Å². The number of benzene rings is 3. The van der Waals surface area contributed by atoms with Crippen molar-refractivity contribution in [1.29, 1.82) is 0 Å². The Bertz CT molecular complexity index is 4390. The molecule has 2 aromatic heterocycles. The third-order valence-electron chi connectivity index (χ3n) is 15.8. The Morgan fingerprint density at radius 3 is 2.02 bits per heavy atom. The van der Waals surface area contributed by atoms with Gasteiger partial charge in [0.1, 0.15) is 45.7 Å². The van der Waals surface area contributed by atoms with Gasteiger partial charge < -0.3 is 14.6 Å². The number of aryl methyl sites for hydroxylation is 1. The second kappa shape index (κ2) is 26.9. The molecule has 1 N–H and O–H groups in total. The molecule has 2 amide bonds. The second-order valence-corrected chi connectivity index (χ2v) is 34.0. The van der Waals surface area contributed by atoms with E-state index in [0.29, 0.717) is 16.3 Å². The number of nitrogens with zero attached hydrogens (tertiary/aromatic N) is 5. The highest BCUT2D eigenvalue weighted by atomic mass is 35.5. The molecule has 0 bridgehead atoms. The number of nitrogens with one attached hydrogen (secondary N) is 1. The standard InChI is InChI=1S/C66H74ClF10N6O12PS2/c1-34-22-36(27-51(86)92-59(2,3)4)54(48(23-34)93-96(87,94-60(5,6)7)95-61(8,9)10)62(11,12)31-50(85)83(97(88)89)32-47-53-44(67)19-18-41(57(53)82(81-47)33-64(70,71)72)40-17-16-39(20-21-63(13,14)98(15,90)91)78-56(40)46(26-35-24-37(68)28-38(69)25-35)79-49(84)30-45-55-52(58(80-45)66(75,76)77)42-29-43(42)65(55,73)74/h16-19,22-25,28,42-43,45-46,97H,26-27,29-33H2,1-15H3,(H,79,84)/t42-,43+,45?,46-/m0/s1. The smallest absolute Gasteiger partial charge is 0.460 e. The van der Waals surface area contributed by atoms with E-state index in [9.17, 15) is 49.0 Å². The first-order valence-corrected chi connectivity index (χ1v) is 35.4. The topological polar surface area (TPSA) is 232 Å². The van der Waals surface area contributed by atoms with Crippen LogP contribution >= 0.6 is 19.4 Å². The fourth-order valence-corrected chi connectivity index (χ4v) is 14.7. The van der Waals surface area contributed by atoms with Crippen LogP contribution in [-0.4, -0.2) is 112 Å². The summed E-state index contributed by atoms with van der Waals surface area (Å²) in [7, 11) is -12.7. The molecule has 1 unspecified atom stereocenters. The van der Waals surface area contributed by atoms with Gasteiger partial charge in [0.2, 0.25) is 22.7 Å². The largest absolute Gasteiger partial charge is 0.531 e. The molecule has 0 radical (unpaired) electrons. The van der Waals surface area contributed by atoms with Crippen LogP contribution in [-0.2, 0) is 84.8 Å². The van der Waals surface area contributed by atoms with Crippen LogP contribution in [0.15, 0.2) is 70.7 Å². The van der Waals surface area contributed by atoms with E-state index in [-0.39, 0.29) is 55.0 Å².